The second-order valence-electron chi connectivity index (χ2n) is 2.97. The smallest absolute Gasteiger partial charge is 0.115 e. The molecular weight excluding hydrogens is 148 g/mol. The molecule has 0 radical (unpaired) electrons. The van der Waals surface area contributed by atoms with Crippen LogP contribution in [-0.2, 0) is 0 Å². The average molecular weight is 164 g/mol. The molecule has 0 saturated heterocycles. The molecule has 0 aromatic rings. The van der Waals surface area contributed by atoms with Gasteiger partial charge in [0.25, 0.3) is 0 Å². The van der Waals surface area contributed by atoms with Crippen molar-refractivity contribution in [1.82, 2.24) is 0 Å². The molecule has 0 bridgehead atoms. The van der Waals surface area contributed by atoms with Crippen LogP contribution in [0.4, 0.5) is 0 Å². The van der Waals surface area contributed by atoms with Crippen molar-refractivity contribution >= 4 is 0 Å². The zero-order valence-corrected chi connectivity index (χ0v) is 8.02. The van der Waals surface area contributed by atoms with E-state index in [2.05, 4.69) is 13.2 Å². The highest BCUT2D eigenvalue weighted by Gasteiger charge is 1.98. The summed E-state index contributed by atoms with van der Waals surface area (Å²) in [6.07, 6.45) is 3.59. The van der Waals surface area contributed by atoms with Crippen molar-refractivity contribution in [2.75, 3.05) is 0 Å². The van der Waals surface area contributed by atoms with E-state index in [-0.39, 0.29) is 5.76 Å². The molecule has 0 fully saturated rings. The summed E-state index contributed by atoms with van der Waals surface area (Å²) in [5.41, 5.74) is 2.88. The van der Waals surface area contributed by atoms with E-state index < -0.39 is 0 Å². The van der Waals surface area contributed by atoms with Crippen LogP contribution in [0.25, 0.3) is 0 Å². The molecular formula is C11H16O. The molecule has 1 nitrogen and oxygen atoms in total. The number of hydrogen-bond donors (Lipinski definition) is 1. The van der Waals surface area contributed by atoms with Crippen molar-refractivity contribution in [3.8, 4) is 0 Å². The van der Waals surface area contributed by atoms with Crippen LogP contribution >= 0.6 is 0 Å². The summed E-state index contributed by atoms with van der Waals surface area (Å²) < 4.78 is 0. The van der Waals surface area contributed by atoms with Gasteiger partial charge >= 0.3 is 0 Å². The van der Waals surface area contributed by atoms with Crippen molar-refractivity contribution in [2.24, 2.45) is 0 Å². The standard InChI is InChI=1S/C11H16O/c1-6-11(10(5)12)9(4)7-8(2)3/h6-7,12H,1,5H2,2-4H3/b11-9+. The lowest BCUT2D eigenvalue weighted by atomic mass is 10.1. The molecule has 0 saturated carbocycles. The van der Waals surface area contributed by atoms with Gasteiger partial charge in [0.05, 0.1) is 0 Å². The van der Waals surface area contributed by atoms with Crippen LogP contribution in [0.15, 0.2) is 47.8 Å². The second kappa shape index (κ2) is 4.60. The molecule has 0 aromatic heterocycles. The first-order valence-electron chi connectivity index (χ1n) is 3.85. The lowest BCUT2D eigenvalue weighted by Gasteiger charge is -2.02. The third kappa shape index (κ3) is 3.24. The first-order chi connectivity index (χ1) is 5.49. The molecule has 0 heterocycles. The zero-order chi connectivity index (χ0) is 9.72. The Labute approximate surface area is 74.4 Å². The Morgan fingerprint density at radius 1 is 1.25 bits per heavy atom. The lowest BCUT2D eigenvalue weighted by molar-refractivity contribution is 0.428. The highest BCUT2D eigenvalue weighted by molar-refractivity contribution is 5.41. The molecule has 0 rings (SSSR count). The minimum Gasteiger partial charge on any atom is -0.508 e. The van der Waals surface area contributed by atoms with Crippen molar-refractivity contribution in [1.29, 1.82) is 0 Å². The van der Waals surface area contributed by atoms with Crippen LogP contribution in [0.2, 0.25) is 0 Å². The molecule has 12 heavy (non-hydrogen) atoms. The molecule has 1 N–H and O–H groups in total. The van der Waals surface area contributed by atoms with Gasteiger partial charge in [-0.15, -0.1) is 0 Å². The van der Waals surface area contributed by atoms with Crippen molar-refractivity contribution < 1.29 is 5.11 Å². The van der Waals surface area contributed by atoms with Crippen LogP contribution in [0.1, 0.15) is 20.8 Å². The first-order valence-corrected chi connectivity index (χ1v) is 3.85. The molecule has 0 atom stereocenters. The maximum absolute atomic E-state index is 9.14. The molecule has 0 spiro atoms. The van der Waals surface area contributed by atoms with E-state index in [0.29, 0.717) is 5.57 Å². The van der Waals surface area contributed by atoms with E-state index in [0.717, 1.165) is 5.57 Å². The van der Waals surface area contributed by atoms with E-state index in [1.54, 1.807) is 6.08 Å². The molecule has 0 amide bonds. The van der Waals surface area contributed by atoms with Crippen LogP contribution in [-0.4, -0.2) is 5.11 Å². The quantitative estimate of drug-likeness (QED) is 0.499. The maximum Gasteiger partial charge on any atom is 0.115 e. The fraction of sp³-hybridized carbons (Fsp3) is 0.273. The highest BCUT2D eigenvalue weighted by atomic mass is 16.3. The topological polar surface area (TPSA) is 20.2 Å². The van der Waals surface area contributed by atoms with Crippen LogP contribution < -0.4 is 0 Å². The molecule has 0 aliphatic carbocycles. The number of aliphatic hydroxyl groups is 1. The summed E-state index contributed by atoms with van der Waals surface area (Å²) in [4.78, 5) is 0. The maximum atomic E-state index is 9.14. The molecule has 66 valence electrons. The normalized spacial score (nSPS) is 11.6. The molecule has 1 heteroatoms. The third-order valence-electron chi connectivity index (χ3n) is 1.45. The van der Waals surface area contributed by atoms with Crippen molar-refractivity contribution in [3.05, 3.63) is 47.8 Å². The summed E-state index contributed by atoms with van der Waals surface area (Å²) in [5.74, 6) is 0.0694. The third-order valence-corrected chi connectivity index (χ3v) is 1.45. The van der Waals surface area contributed by atoms with Crippen LogP contribution in [0, 0.1) is 0 Å². The lowest BCUT2D eigenvalue weighted by Crippen LogP contribution is -1.86. The fourth-order valence-corrected chi connectivity index (χ4v) is 1.02. The van der Waals surface area contributed by atoms with E-state index in [1.165, 1.54) is 5.57 Å². The van der Waals surface area contributed by atoms with Gasteiger partial charge in [-0.2, -0.15) is 0 Å². The van der Waals surface area contributed by atoms with Gasteiger partial charge in [0.15, 0.2) is 0 Å². The predicted octanol–water partition coefficient (Wildman–Crippen LogP) is 3.53. The second-order valence-corrected chi connectivity index (χ2v) is 2.97. The summed E-state index contributed by atoms with van der Waals surface area (Å²) in [6.45, 7) is 13.0. The Morgan fingerprint density at radius 3 is 2.00 bits per heavy atom. The number of hydrogen-bond acceptors (Lipinski definition) is 1. The summed E-state index contributed by atoms with van der Waals surface area (Å²) in [6, 6.07) is 0. The SMILES string of the molecule is C=C/C(C(=C)O)=C(/C)C=C(C)C. The van der Waals surface area contributed by atoms with E-state index >= 15 is 0 Å². The molecule has 0 aliphatic heterocycles. The largest absolute Gasteiger partial charge is 0.508 e. The van der Waals surface area contributed by atoms with Gasteiger partial charge in [0, 0.05) is 5.57 Å². The fourth-order valence-electron chi connectivity index (χ4n) is 1.02. The van der Waals surface area contributed by atoms with Gasteiger partial charge in [-0.05, 0) is 26.3 Å². The monoisotopic (exact) mass is 164 g/mol. The first kappa shape index (κ1) is 10.8. The van der Waals surface area contributed by atoms with Gasteiger partial charge < -0.3 is 5.11 Å². The Balaban J connectivity index is 4.98. The average Bonchev–Trinajstić information content (AvgIpc) is 1.85. The Kier molecular flexibility index (Phi) is 4.12. The van der Waals surface area contributed by atoms with E-state index in [4.69, 9.17) is 5.11 Å². The number of allylic oxidation sites excluding steroid dienone is 4. The van der Waals surface area contributed by atoms with E-state index in [9.17, 15) is 0 Å². The summed E-state index contributed by atoms with van der Waals surface area (Å²) >= 11 is 0. The van der Waals surface area contributed by atoms with Gasteiger partial charge in [-0.25, -0.2) is 0 Å². The summed E-state index contributed by atoms with van der Waals surface area (Å²) in [5, 5.41) is 9.14. The van der Waals surface area contributed by atoms with Gasteiger partial charge in [-0.3, -0.25) is 0 Å². The zero-order valence-electron chi connectivity index (χ0n) is 8.02. The van der Waals surface area contributed by atoms with Gasteiger partial charge in [0.1, 0.15) is 5.76 Å². The van der Waals surface area contributed by atoms with Gasteiger partial charge in [0.2, 0.25) is 0 Å². The number of rotatable bonds is 3. The summed E-state index contributed by atoms with van der Waals surface area (Å²) in [7, 11) is 0. The van der Waals surface area contributed by atoms with Crippen molar-refractivity contribution in [2.45, 2.75) is 20.8 Å². The highest BCUT2D eigenvalue weighted by Crippen LogP contribution is 2.14. The Bertz CT molecular complexity index is 250. The number of aliphatic hydroxyl groups excluding tert-OH is 1. The molecule has 0 aliphatic rings. The van der Waals surface area contributed by atoms with E-state index in [1.807, 2.05) is 26.8 Å². The Hall–Kier alpha value is -1.24. The minimum atomic E-state index is 0.0694. The molecule has 0 unspecified atom stereocenters. The predicted molar refractivity (Wildman–Crippen MR) is 54.1 cm³/mol. The van der Waals surface area contributed by atoms with Crippen LogP contribution in [0.3, 0.4) is 0 Å². The minimum absolute atomic E-state index is 0.0694. The Morgan fingerprint density at radius 2 is 1.75 bits per heavy atom. The van der Waals surface area contributed by atoms with Gasteiger partial charge in [-0.1, -0.05) is 30.9 Å². The van der Waals surface area contributed by atoms with Crippen molar-refractivity contribution in [3.63, 3.8) is 0 Å². The molecule has 0 aromatic carbocycles. The van der Waals surface area contributed by atoms with Crippen LogP contribution in [0.5, 0.6) is 0 Å².